The first-order valence-corrected chi connectivity index (χ1v) is 6.78. The SMILES string of the molecule is COCC(CN)(C(C)C)N(C)Cc1cscn1. The van der Waals surface area contributed by atoms with Crippen molar-refractivity contribution in [2.75, 3.05) is 27.3 Å². The van der Waals surface area contributed by atoms with E-state index in [2.05, 4.69) is 36.2 Å². The molecule has 0 aromatic carbocycles. The van der Waals surface area contributed by atoms with E-state index < -0.39 is 0 Å². The Labute approximate surface area is 108 Å². The first-order valence-electron chi connectivity index (χ1n) is 5.84. The van der Waals surface area contributed by atoms with E-state index in [1.165, 1.54) is 0 Å². The zero-order chi connectivity index (χ0) is 12.9. The largest absolute Gasteiger partial charge is 0.383 e. The number of hydrogen-bond acceptors (Lipinski definition) is 5. The van der Waals surface area contributed by atoms with E-state index in [4.69, 9.17) is 10.5 Å². The minimum absolute atomic E-state index is 0.127. The van der Waals surface area contributed by atoms with Gasteiger partial charge in [-0.1, -0.05) is 13.8 Å². The van der Waals surface area contributed by atoms with Gasteiger partial charge in [0.25, 0.3) is 0 Å². The summed E-state index contributed by atoms with van der Waals surface area (Å²) in [5.74, 6) is 0.427. The highest BCUT2D eigenvalue weighted by Crippen LogP contribution is 2.25. The van der Waals surface area contributed by atoms with Gasteiger partial charge in [0.15, 0.2) is 0 Å². The van der Waals surface area contributed by atoms with Gasteiger partial charge in [-0.05, 0) is 13.0 Å². The van der Waals surface area contributed by atoms with Gasteiger partial charge in [-0.2, -0.15) is 0 Å². The van der Waals surface area contributed by atoms with Crippen molar-refractivity contribution in [1.82, 2.24) is 9.88 Å². The van der Waals surface area contributed by atoms with Crippen LogP contribution in [0.2, 0.25) is 0 Å². The lowest BCUT2D eigenvalue weighted by Gasteiger charge is -2.43. The highest BCUT2D eigenvalue weighted by molar-refractivity contribution is 7.07. The van der Waals surface area contributed by atoms with E-state index >= 15 is 0 Å². The second kappa shape index (κ2) is 6.44. The molecular formula is C12H23N3OS. The lowest BCUT2D eigenvalue weighted by atomic mass is 9.85. The van der Waals surface area contributed by atoms with Crippen LogP contribution in [0.4, 0.5) is 0 Å². The number of nitrogens with zero attached hydrogens (tertiary/aromatic N) is 2. The number of hydrogen-bond donors (Lipinski definition) is 1. The molecule has 1 rings (SSSR count). The van der Waals surface area contributed by atoms with Crippen molar-refractivity contribution < 1.29 is 4.74 Å². The van der Waals surface area contributed by atoms with Gasteiger partial charge in [0.2, 0.25) is 0 Å². The third-order valence-electron chi connectivity index (χ3n) is 3.47. The average Bonchev–Trinajstić information content (AvgIpc) is 2.78. The summed E-state index contributed by atoms with van der Waals surface area (Å²) in [7, 11) is 3.81. The van der Waals surface area contributed by atoms with Gasteiger partial charge in [0.05, 0.1) is 23.4 Å². The Morgan fingerprint density at radius 2 is 2.29 bits per heavy atom. The lowest BCUT2D eigenvalue weighted by Crippen LogP contribution is -2.58. The van der Waals surface area contributed by atoms with Crippen molar-refractivity contribution in [2.24, 2.45) is 11.7 Å². The lowest BCUT2D eigenvalue weighted by molar-refractivity contribution is -0.00605. The van der Waals surface area contributed by atoms with Crippen LogP contribution < -0.4 is 5.73 Å². The maximum Gasteiger partial charge on any atom is 0.0795 e. The van der Waals surface area contributed by atoms with Gasteiger partial charge in [0, 0.05) is 25.6 Å². The zero-order valence-electron chi connectivity index (χ0n) is 11.1. The quantitative estimate of drug-likeness (QED) is 0.805. The standard InChI is InChI=1S/C12H23N3OS/c1-10(2)12(7-13,8-16-4)15(3)5-11-6-17-9-14-11/h6,9-10H,5,7-8,13H2,1-4H3. The predicted octanol–water partition coefficient (Wildman–Crippen LogP) is 1.57. The zero-order valence-corrected chi connectivity index (χ0v) is 12.0. The normalized spacial score (nSPS) is 15.5. The van der Waals surface area contributed by atoms with Crippen molar-refractivity contribution in [2.45, 2.75) is 25.9 Å². The molecule has 0 fully saturated rings. The van der Waals surface area contributed by atoms with Gasteiger partial charge < -0.3 is 10.5 Å². The third kappa shape index (κ3) is 3.25. The van der Waals surface area contributed by atoms with Crippen molar-refractivity contribution in [3.8, 4) is 0 Å². The molecule has 1 atom stereocenters. The molecule has 0 aliphatic heterocycles. The van der Waals surface area contributed by atoms with Crippen LogP contribution in [-0.2, 0) is 11.3 Å². The topological polar surface area (TPSA) is 51.4 Å². The van der Waals surface area contributed by atoms with E-state index in [0.717, 1.165) is 12.2 Å². The fourth-order valence-electron chi connectivity index (χ4n) is 2.13. The molecule has 1 unspecified atom stereocenters. The molecule has 98 valence electrons. The molecule has 0 spiro atoms. The van der Waals surface area contributed by atoms with Crippen molar-refractivity contribution in [3.63, 3.8) is 0 Å². The molecule has 1 aromatic heterocycles. The molecule has 0 saturated carbocycles. The van der Waals surface area contributed by atoms with Crippen LogP contribution in [0, 0.1) is 5.92 Å². The molecule has 0 saturated heterocycles. The summed E-state index contributed by atoms with van der Waals surface area (Å²) in [5, 5.41) is 2.07. The Morgan fingerprint density at radius 3 is 2.71 bits per heavy atom. The summed E-state index contributed by atoms with van der Waals surface area (Å²) < 4.78 is 5.36. The number of methoxy groups -OCH3 is 1. The Hall–Kier alpha value is -0.490. The molecule has 0 aliphatic rings. The smallest absolute Gasteiger partial charge is 0.0795 e. The fourth-order valence-corrected chi connectivity index (χ4v) is 2.68. The molecule has 0 bridgehead atoms. The van der Waals surface area contributed by atoms with Crippen LogP contribution in [-0.4, -0.2) is 42.7 Å². The summed E-state index contributed by atoms with van der Waals surface area (Å²) >= 11 is 1.62. The number of aromatic nitrogens is 1. The molecule has 1 heterocycles. The Kier molecular flexibility index (Phi) is 5.52. The fraction of sp³-hybridized carbons (Fsp3) is 0.750. The highest BCUT2D eigenvalue weighted by Gasteiger charge is 2.36. The molecule has 17 heavy (non-hydrogen) atoms. The minimum Gasteiger partial charge on any atom is -0.383 e. The van der Waals surface area contributed by atoms with E-state index in [-0.39, 0.29) is 5.54 Å². The summed E-state index contributed by atoms with van der Waals surface area (Å²) in [6, 6.07) is 0. The van der Waals surface area contributed by atoms with Crippen LogP contribution in [0.15, 0.2) is 10.9 Å². The average molecular weight is 257 g/mol. The first-order chi connectivity index (χ1) is 8.06. The second-order valence-electron chi connectivity index (χ2n) is 4.73. The monoisotopic (exact) mass is 257 g/mol. The number of ether oxygens (including phenoxy) is 1. The summed E-state index contributed by atoms with van der Waals surface area (Å²) in [4.78, 5) is 6.58. The van der Waals surface area contributed by atoms with Crippen LogP contribution >= 0.6 is 11.3 Å². The molecule has 0 aliphatic carbocycles. The van der Waals surface area contributed by atoms with E-state index in [0.29, 0.717) is 19.1 Å². The number of likely N-dealkylation sites (N-methyl/N-ethyl adjacent to an activating group) is 1. The van der Waals surface area contributed by atoms with Crippen LogP contribution in [0.3, 0.4) is 0 Å². The van der Waals surface area contributed by atoms with Gasteiger partial charge in [-0.3, -0.25) is 4.90 Å². The first kappa shape index (κ1) is 14.6. The van der Waals surface area contributed by atoms with Crippen molar-refractivity contribution in [3.05, 3.63) is 16.6 Å². The summed E-state index contributed by atoms with van der Waals surface area (Å²) in [5.41, 5.74) is 8.81. The second-order valence-corrected chi connectivity index (χ2v) is 5.45. The van der Waals surface area contributed by atoms with Crippen molar-refractivity contribution >= 4 is 11.3 Å². The molecule has 4 nitrogen and oxygen atoms in total. The van der Waals surface area contributed by atoms with Gasteiger partial charge in [0.1, 0.15) is 0 Å². The molecule has 2 N–H and O–H groups in total. The molecule has 0 radical (unpaired) electrons. The maximum atomic E-state index is 5.99. The molecule has 1 aromatic rings. The van der Waals surface area contributed by atoms with Gasteiger partial charge >= 0.3 is 0 Å². The number of nitrogens with two attached hydrogens (primary N) is 1. The van der Waals surface area contributed by atoms with Crippen molar-refractivity contribution in [1.29, 1.82) is 0 Å². The minimum atomic E-state index is -0.127. The highest BCUT2D eigenvalue weighted by atomic mass is 32.1. The summed E-state index contributed by atoms with van der Waals surface area (Å²) in [6.45, 7) is 6.40. The molecular weight excluding hydrogens is 234 g/mol. The third-order valence-corrected chi connectivity index (χ3v) is 4.10. The van der Waals surface area contributed by atoms with Gasteiger partial charge in [-0.15, -0.1) is 11.3 Å². The van der Waals surface area contributed by atoms with Crippen LogP contribution in [0.1, 0.15) is 19.5 Å². The number of thiazole rings is 1. The van der Waals surface area contributed by atoms with E-state index in [9.17, 15) is 0 Å². The molecule has 0 amide bonds. The van der Waals surface area contributed by atoms with Crippen LogP contribution in [0.5, 0.6) is 0 Å². The Balaban J connectivity index is 2.81. The van der Waals surface area contributed by atoms with E-state index in [1.54, 1.807) is 18.4 Å². The number of rotatable bonds is 7. The van der Waals surface area contributed by atoms with Crippen LogP contribution in [0.25, 0.3) is 0 Å². The Morgan fingerprint density at radius 1 is 1.59 bits per heavy atom. The maximum absolute atomic E-state index is 5.99. The molecule has 5 heteroatoms. The van der Waals surface area contributed by atoms with Gasteiger partial charge in [-0.25, -0.2) is 4.98 Å². The van der Waals surface area contributed by atoms with E-state index in [1.807, 2.05) is 5.51 Å². The predicted molar refractivity (Wildman–Crippen MR) is 72.1 cm³/mol. The summed E-state index contributed by atoms with van der Waals surface area (Å²) in [6.07, 6.45) is 0. The Bertz CT molecular complexity index is 316.